The number of sulfonamides is 1. The first kappa shape index (κ1) is 20.7. The van der Waals surface area contributed by atoms with Gasteiger partial charge in [0.1, 0.15) is 5.58 Å². The lowest BCUT2D eigenvalue weighted by atomic mass is 10.3. The van der Waals surface area contributed by atoms with Gasteiger partial charge < -0.3 is 9.62 Å². The van der Waals surface area contributed by atoms with Crippen LogP contribution in [0.15, 0.2) is 69.0 Å². The zero-order valence-electron chi connectivity index (χ0n) is 15.1. The number of aromatic nitrogens is 2. The molecule has 0 spiro atoms. The Morgan fingerprint density at radius 1 is 1.23 bits per heavy atom. The molecule has 0 aliphatic heterocycles. The second-order valence-corrected chi connectivity index (χ2v) is 9.29. The van der Waals surface area contributed by atoms with Gasteiger partial charge in [-0.2, -0.15) is 13.6 Å². The lowest BCUT2D eigenvalue weighted by Gasteiger charge is -2.11. The van der Waals surface area contributed by atoms with Crippen molar-refractivity contribution in [2.75, 3.05) is 4.72 Å². The van der Waals surface area contributed by atoms with Crippen molar-refractivity contribution in [2.45, 2.75) is 15.7 Å². The van der Waals surface area contributed by atoms with Crippen LogP contribution in [0.25, 0.3) is 11.0 Å². The standard InChI is InChI=1S/C18H15ClN4O5S2/c19-12-5-6-16(29-10-13-9-17(21-20-13)23(24)25)14(8-12)22-30(26,27)18-7-11-3-1-2-4-15(11)28-18/h1-9,22-24H,10H2,(H,20,21). The summed E-state index contributed by atoms with van der Waals surface area (Å²) in [5.74, 6) is 0.258. The Bertz CT molecular complexity index is 1270. The van der Waals surface area contributed by atoms with E-state index in [1.54, 1.807) is 36.4 Å². The molecule has 4 rings (SSSR count). The van der Waals surface area contributed by atoms with Gasteiger partial charge >= 0.3 is 0 Å². The molecule has 0 amide bonds. The van der Waals surface area contributed by atoms with Crippen molar-refractivity contribution in [1.82, 2.24) is 10.2 Å². The van der Waals surface area contributed by atoms with E-state index in [0.717, 1.165) is 0 Å². The molecular weight excluding hydrogens is 452 g/mol. The molecule has 0 aliphatic carbocycles. The average Bonchev–Trinajstić information content (AvgIpc) is 3.34. The van der Waals surface area contributed by atoms with Crippen molar-refractivity contribution in [3.8, 4) is 0 Å². The number of thioether (sulfide) groups is 1. The maximum absolute atomic E-state index is 12.8. The molecule has 2 aromatic carbocycles. The molecule has 30 heavy (non-hydrogen) atoms. The molecule has 0 fully saturated rings. The predicted octanol–water partition coefficient (Wildman–Crippen LogP) is 3.31. The number of aromatic amines is 1. The third-order valence-corrected chi connectivity index (χ3v) is 6.66. The van der Waals surface area contributed by atoms with Crippen molar-refractivity contribution < 1.29 is 23.3 Å². The molecule has 9 nitrogen and oxygen atoms in total. The number of nitrogens with zero attached hydrogens (tertiary/aromatic N) is 1. The summed E-state index contributed by atoms with van der Waals surface area (Å²) in [6, 6.07) is 14.7. The normalized spacial score (nSPS) is 12.9. The Kier molecular flexibility index (Phi) is 5.73. The summed E-state index contributed by atoms with van der Waals surface area (Å²) >= 11 is 7.36. The summed E-state index contributed by atoms with van der Waals surface area (Å²) in [6.07, 6.45) is 0. The molecule has 0 aliphatic rings. The number of benzene rings is 2. The third kappa shape index (κ3) is 4.46. The largest absolute Gasteiger partial charge is 0.594 e. The van der Waals surface area contributed by atoms with E-state index >= 15 is 0 Å². The molecule has 0 bridgehead atoms. The van der Waals surface area contributed by atoms with Crippen molar-refractivity contribution in [1.29, 1.82) is 0 Å². The molecule has 0 saturated heterocycles. The predicted molar refractivity (Wildman–Crippen MR) is 112 cm³/mol. The van der Waals surface area contributed by atoms with Crippen LogP contribution in [0.3, 0.4) is 0 Å². The zero-order valence-corrected chi connectivity index (χ0v) is 17.5. The number of fused-ring (bicyclic) bond motifs is 1. The molecule has 1 atom stereocenters. The van der Waals surface area contributed by atoms with Crippen LogP contribution in [0.5, 0.6) is 0 Å². The van der Waals surface area contributed by atoms with E-state index in [2.05, 4.69) is 14.9 Å². The topological polar surface area (TPSA) is 136 Å². The third-order valence-electron chi connectivity index (χ3n) is 4.09. The Hall–Kier alpha value is -2.54. The number of H-pyrrole nitrogens is 1. The van der Waals surface area contributed by atoms with E-state index in [9.17, 15) is 13.6 Å². The highest BCUT2D eigenvalue weighted by atomic mass is 35.5. The molecule has 2 aromatic heterocycles. The molecule has 1 unspecified atom stereocenters. The monoisotopic (exact) mass is 466 g/mol. The molecule has 4 aromatic rings. The summed E-state index contributed by atoms with van der Waals surface area (Å²) in [5, 5.41) is 25.9. The van der Waals surface area contributed by atoms with Gasteiger partial charge in [0.25, 0.3) is 15.8 Å². The lowest BCUT2D eigenvalue weighted by molar-refractivity contribution is -0.993. The fourth-order valence-electron chi connectivity index (χ4n) is 2.69. The Morgan fingerprint density at radius 3 is 2.77 bits per heavy atom. The van der Waals surface area contributed by atoms with Crippen LogP contribution in [0, 0.1) is 5.21 Å². The van der Waals surface area contributed by atoms with Gasteiger partial charge in [0.2, 0.25) is 5.09 Å². The quantitative estimate of drug-likeness (QED) is 0.242. The van der Waals surface area contributed by atoms with Crippen LogP contribution in [0.1, 0.15) is 5.69 Å². The Morgan fingerprint density at radius 2 is 2.03 bits per heavy atom. The van der Waals surface area contributed by atoms with E-state index in [-0.39, 0.29) is 16.6 Å². The SMILES string of the molecule is O=S(=O)(Nc1cc(Cl)ccc1SCc1cc([NH+]([O-])O)n[nH]1)c1cc2ccccc2o1. The van der Waals surface area contributed by atoms with Crippen molar-refractivity contribution in [3.63, 3.8) is 0 Å². The molecule has 0 radical (unpaired) electrons. The number of nitrogens with one attached hydrogen (secondary N) is 3. The number of para-hydroxylation sites is 1. The highest BCUT2D eigenvalue weighted by molar-refractivity contribution is 7.98. The minimum Gasteiger partial charge on any atom is -0.594 e. The molecule has 2 heterocycles. The minimum absolute atomic E-state index is 0.0903. The van der Waals surface area contributed by atoms with Gasteiger partial charge in [-0.25, -0.2) is 5.21 Å². The second kappa shape index (κ2) is 8.30. The highest BCUT2D eigenvalue weighted by Gasteiger charge is 2.21. The number of anilines is 1. The number of furan rings is 1. The second-order valence-electron chi connectivity index (χ2n) is 6.22. The molecule has 0 saturated carbocycles. The maximum Gasteiger partial charge on any atom is 0.295 e. The summed E-state index contributed by atoms with van der Waals surface area (Å²) in [4.78, 5) is 0.602. The number of halogens is 1. The van der Waals surface area contributed by atoms with Crippen LogP contribution in [0.4, 0.5) is 11.5 Å². The van der Waals surface area contributed by atoms with E-state index in [1.807, 2.05) is 0 Å². The van der Waals surface area contributed by atoms with Gasteiger partial charge in [0.15, 0.2) is 0 Å². The van der Waals surface area contributed by atoms with E-state index in [4.69, 9.17) is 21.2 Å². The zero-order chi connectivity index (χ0) is 21.3. The Labute approximate surface area is 180 Å². The molecule has 4 N–H and O–H groups in total. The van der Waals surface area contributed by atoms with Crippen LogP contribution >= 0.6 is 23.4 Å². The summed E-state index contributed by atoms with van der Waals surface area (Å²) in [6.45, 7) is 0. The van der Waals surface area contributed by atoms with Crippen LogP contribution in [-0.2, 0) is 15.8 Å². The summed E-state index contributed by atoms with van der Waals surface area (Å²) in [5.41, 5.74) is 1.33. The number of hydrogen-bond donors (Lipinski definition) is 4. The first-order valence-corrected chi connectivity index (χ1v) is 11.4. The van der Waals surface area contributed by atoms with Gasteiger partial charge in [-0.1, -0.05) is 29.8 Å². The molecule has 156 valence electrons. The minimum atomic E-state index is -3.99. The van der Waals surface area contributed by atoms with Crippen molar-refractivity contribution in [2.24, 2.45) is 0 Å². The van der Waals surface area contributed by atoms with Gasteiger partial charge in [0, 0.05) is 33.2 Å². The van der Waals surface area contributed by atoms with Crippen molar-refractivity contribution >= 4 is 55.9 Å². The fraction of sp³-hybridized carbons (Fsp3) is 0.0556. The maximum atomic E-state index is 12.8. The number of rotatable bonds is 7. The van der Waals surface area contributed by atoms with Gasteiger partial charge in [-0.15, -0.1) is 16.9 Å². The van der Waals surface area contributed by atoms with E-state index in [0.29, 0.717) is 32.3 Å². The summed E-state index contributed by atoms with van der Waals surface area (Å²) < 4.78 is 33.7. The first-order valence-electron chi connectivity index (χ1n) is 8.53. The number of quaternary nitrogens is 1. The summed E-state index contributed by atoms with van der Waals surface area (Å²) in [7, 11) is -3.99. The highest BCUT2D eigenvalue weighted by Crippen LogP contribution is 2.34. The first-order chi connectivity index (χ1) is 14.3. The fourth-order valence-corrected chi connectivity index (χ4v) is 4.86. The molecule has 12 heteroatoms. The van der Waals surface area contributed by atoms with Crippen molar-refractivity contribution in [3.05, 3.63) is 70.5 Å². The smallest absolute Gasteiger partial charge is 0.295 e. The van der Waals surface area contributed by atoms with Gasteiger partial charge in [0.05, 0.1) is 11.4 Å². The lowest BCUT2D eigenvalue weighted by Crippen LogP contribution is -2.99. The van der Waals surface area contributed by atoms with Crippen LogP contribution in [-0.4, -0.2) is 23.8 Å². The molecular formula is C18H15ClN4O5S2. The van der Waals surface area contributed by atoms with Gasteiger partial charge in [-0.3, -0.25) is 9.82 Å². The Balaban J connectivity index is 1.57. The van der Waals surface area contributed by atoms with Crippen LogP contribution in [0.2, 0.25) is 5.02 Å². The van der Waals surface area contributed by atoms with Crippen LogP contribution < -0.4 is 9.95 Å². The van der Waals surface area contributed by atoms with Gasteiger partial charge in [-0.05, 0) is 24.3 Å². The van der Waals surface area contributed by atoms with E-state index in [1.165, 1.54) is 30.0 Å². The number of hydrogen-bond acceptors (Lipinski definition) is 7. The van der Waals surface area contributed by atoms with E-state index < -0.39 is 15.2 Å². The average molecular weight is 467 g/mol.